The zero-order valence-electron chi connectivity index (χ0n) is 81.1. The van der Waals surface area contributed by atoms with Gasteiger partial charge in [-0.05, 0) is 116 Å². The average molecular weight is 2020 g/mol. The number of fused-ring (bicyclic) bond motifs is 2. The first-order valence-electron chi connectivity index (χ1n) is 47.1. The number of guanidine groups is 2. The molecule has 2 aliphatic heterocycles. The maximum atomic E-state index is 15.6. The van der Waals surface area contributed by atoms with Gasteiger partial charge in [-0.25, -0.2) is 0 Å². The molecule has 144 heavy (non-hydrogen) atoms. The van der Waals surface area contributed by atoms with Crippen LogP contribution in [-0.4, -0.2) is 309 Å². The van der Waals surface area contributed by atoms with E-state index in [0.717, 1.165) is 26.5 Å². The number of aromatic hydroxyl groups is 1. The molecule has 7 rings (SSSR count). The van der Waals surface area contributed by atoms with Crippen LogP contribution in [0.1, 0.15) is 125 Å². The van der Waals surface area contributed by atoms with Crippen molar-refractivity contribution in [1.29, 1.82) is 10.8 Å². The van der Waals surface area contributed by atoms with Crippen molar-refractivity contribution in [1.82, 2.24) is 94.5 Å². The first kappa shape index (κ1) is 116. The van der Waals surface area contributed by atoms with Crippen LogP contribution in [0.15, 0.2) is 140 Å². The quantitative estimate of drug-likeness (QED) is 0.0106. The van der Waals surface area contributed by atoms with Gasteiger partial charge in [-0.3, -0.25) is 102 Å². The second kappa shape index (κ2) is 58.5. The number of phenolic OH excluding ortho intramolecular Hbond substituents is 1. The van der Waals surface area contributed by atoms with Gasteiger partial charge in [0.25, 0.3) is 0 Å². The lowest BCUT2D eigenvalue weighted by atomic mass is 9.92. The number of unbranched alkanes of at least 4 members (excludes halogenated alkanes) is 1. The van der Waals surface area contributed by atoms with Crippen LogP contribution in [0.25, 0.3) is 0 Å². The number of aliphatic hydroxyl groups excluding tert-OH is 2. The molecule has 17 amide bonds. The number of carboxylic acids is 1. The molecular formula is C96H135N25O22S. The standard InChI is InChI=1S/C96H135N25O22S/c1-53(2)80-91(140)113-67(45-75(97)124)86(135)112-66(41-58-33-35-61(123)36-34-58)85(134)110-62(30-18-19-37-104-54(3)4)82(131)109-63(31-20-38-105-95(100)101)83(132)114-69(47-79(128)129)94(143)121-49-60-29-17-16-28-59(60)44-74(121)90(139)115-68(46-76(98)125)93(142)120(6)73(43-57-26-14-9-15-27-57)89(138)117-71(81(130)107-48-77(99)126)51-144-52-78(127)108-65(40-55-22-10-7-11-23-55)84(133)111-64(32-21-39-106-96(102)103)92(141)119(5)72(42-56-24-12-8-13-25-56)88(137)116-70(50-122)87(136)118-80/h7-17,22-29,33-36,53-54,62-74,80,93,104,122-123,142H,18-21,30-32,37-52H2,1-6H3,(H2,97,124)(H2,98,125)(H2,99,126)(H,107,130)(H,108,127)(H,109,131)(H,110,134)(H,111,133)(H,112,135)(H,113,140)(H,114,132)(H,115,139)(H,116,137)(H,117,138)(H,118,136)(H,128,129)(H4,100,101,105)(H4,102,103,106)/t62-,63-,64+,65+,66+,67+,68+,69-,70-,71+,72+,73+,74?,80-,93?/m1/s1. The van der Waals surface area contributed by atoms with Crippen LogP contribution in [0, 0.1) is 16.7 Å². The summed E-state index contributed by atoms with van der Waals surface area (Å²) in [4.78, 5) is 266. The molecule has 5 aromatic carbocycles. The number of thioether (sulfide) groups is 1. The van der Waals surface area contributed by atoms with Gasteiger partial charge in [0.05, 0.1) is 50.3 Å². The largest absolute Gasteiger partial charge is 0.508 e. The summed E-state index contributed by atoms with van der Waals surface area (Å²) in [7, 11) is 2.45. The number of carboxylic acid groups (broad SMARTS) is 1. The summed E-state index contributed by atoms with van der Waals surface area (Å²) in [5, 5.41) is 99.6. The number of phenols is 1. The van der Waals surface area contributed by atoms with Gasteiger partial charge in [-0.2, -0.15) is 0 Å². The Morgan fingerprint density at radius 2 is 0.910 bits per heavy atom. The number of carbonyl (C=O) groups is 18. The Morgan fingerprint density at radius 1 is 0.451 bits per heavy atom. The minimum absolute atomic E-state index is 0.00744. The summed E-state index contributed by atoms with van der Waals surface area (Å²) in [5.74, 6) is -23.4. The number of nitrogens with two attached hydrogens (primary N) is 5. The molecule has 0 aromatic heterocycles. The predicted molar refractivity (Wildman–Crippen MR) is 529 cm³/mol. The fourth-order valence-corrected chi connectivity index (χ4v) is 16.9. The number of amides is 17. The molecule has 0 spiro atoms. The lowest BCUT2D eigenvalue weighted by Crippen LogP contribution is -2.63. The molecule has 2 heterocycles. The van der Waals surface area contributed by atoms with E-state index in [4.69, 9.17) is 39.5 Å². The molecule has 47 nitrogen and oxygen atoms in total. The highest BCUT2D eigenvalue weighted by Gasteiger charge is 2.45. The van der Waals surface area contributed by atoms with Crippen molar-refractivity contribution in [2.45, 2.75) is 227 Å². The number of aliphatic hydroxyl groups is 2. The van der Waals surface area contributed by atoms with Gasteiger partial charge in [0, 0.05) is 64.2 Å². The van der Waals surface area contributed by atoms with Crippen LogP contribution >= 0.6 is 11.8 Å². The van der Waals surface area contributed by atoms with Gasteiger partial charge in [0.15, 0.2) is 11.9 Å². The van der Waals surface area contributed by atoms with Crippen molar-refractivity contribution in [3.05, 3.63) is 173 Å². The third-order valence-corrected chi connectivity index (χ3v) is 24.8. The molecular weight excluding hydrogens is 1890 g/mol. The second-order valence-corrected chi connectivity index (χ2v) is 36.8. The SMILES string of the molecule is CC(C)NCCCC[C@H]1NC(=O)[C@H](Cc2ccc(O)cc2)NC(=O)[C@H](CC(N)=O)NC(=O)[C@@H](C(C)C)NC(=O)[C@@H](CO)NC(=O)[C@H](Cc2ccccc2)N(C)C(=O)[C@H](CCCNC(=N)N)NC(=O)[C@H](Cc2ccccc2)NC(=O)CSC[C@@H](C(=O)NCC(N)=O)NC(=O)[C@H](Cc2ccccc2)N(C)C(O)[C@H](CC(N)=O)NC(=O)C2Cc3ccccc3CN2C(=O)[C@@H](CC(=O)O)NC(=O)[C@@H](CCCNC(=N)N)NC1=O. The number of hydrogen-bond acceptors (Lipinski definition) is 26. The lowest BCUT2D eigenvalue weighted by Gasteiger charge is -2.40. The van der Waals surface area contributed by atoms with E-state index < -0.39 is 272 Å². The maximum Gasteiger partial charge on any atom is 0.305 e. The third-order valence-electron chi connectivity index (χ3n) is 23.8. The summed E-state index contributed by atoms with van der Waals surface area (Å²) in [6.45, 7) is 4.51. The molecule has 0 aliphatic carbocycles. The fourth-order valence-electron chi connectivity index (χ4n) is 16.1. The Hall–Kier alpha value is -14.9. The molecule has 15 atom stereocenters. The van der Waals surface area contributed by atoms with E-state index in [1.807, 2.05) is 13.8 Å². The summed E-state index contributed by atoms with van der Waals surface area (Å²) in [6.07, 6.45) is -7.22. The highest BCUT2D eigenvalue weighted by atomic mass is 32.2. The number of likely N-dealkylation sites (N-methyl/N-ethyl adjacent to an activating group) is 2. The topological polar surface area (TPSA) is 756 Å². The smallest absolute Gasteiger partial charge is 0.305 e. The number of benzene rings is 5. The number of nitrogens with one attached hydrogen (secondary N) is 17. The second-order valence-electron chi connectivity index (χ2n) is 35.8. The molecule has 782 valence electrons. The molecule has 31 N–H and O–H groups in total. The monoisotopic (exact) mass is 2020 g/mol. The molecule has 0 bridgehead atoms. The number of primary amides is 3. The third kappa shape index (κ3) is 38.5. The number of nitrogens with zero attached hydrogens (tertiary/aromatic N) is 3. The molecule has 0 saturated carbocycles. The van der Waals surface area contributed by atoms with Crippen molar-refractivity contribution in [2.24, 2.45) is 34.6 Å². The molecule has 0 radical (unpaired) electrons. The molecule has 2 aliphatic rings. The minimum Gasteiger partial charge on any atom is -0.508 e. The highest BCUT2D eigenvalue weighted by molar-refractivity contribution is 8.00. The first-order chi connectivity index (χ1) is 68.4. The van der Waals surface area contributed by atoms with Crippen molar-refractivity contribution < 1.29 is 107 Å². The molecule has 48 heteroatoms. The predicted octanol–water partition coefficient (Wildman–Crippen LogP) is -5.69. The average Bonchev–Trinajstić information content (AvgIpc) is 0.780. The number of rotatable bonds is 33. The Balaban J connectivity index is 1.38. The van der Waals surface area contributed by atoms with Gasteiger partial charge < -0.3 is 139 Å². The van der Waals surface area contributed by atoms with E-state index in [-0.39, 0.29) is 94.7 Å². The normalized spacial score (nSPS) is 23.2. The maximum absolute atomic E-state index is 15.6. The minimum atomic E-state index is -2.12. The van der Waals surface area contributed by atoms with Crippen LogP contribution in [0.2, 0.25) is 0 Å². The number of hydrogen-bond donors (Lipinski definition) is 26. The zero-order chi connectivity index (χ0) is 106. The van der Waals surface area contributed by atoms with Crippen LogP contribution in [0.5, 0.6) is 5.75 Å². The summed E-state index contributed by atoms with van der Waals surface area (Å²) < 4.78 is 0. The van der Waals surface area contributed by atoms with Crippen molar-refractivity contribution >= 4 is 130 Å². The van der Waals surface area contributed by atoms with Crippen LogP contribution in [-0.2, 0) is 125 Å². The van der Waals surface area contributed by atoms with E-state index in [1.165, 1.54) is 52.2 Å². The zero-order valence-corrected chi connectivity index (χ0v) is 81.9. The van der Waals surface area contributed by atoms with Crippen molar-refractivity contribution in [3.63, 3.8) is 0 Å². The van der Waals surface area contributed by atoms with Gasteiger partial charge in [0.2, 0.25) is 100 Å². The summed E-state index contributed by atoms with van der Waals surface area (Å²) >= 11 is 0.741. The van der Waals surface area contributed by atoms with Gasteiger partial charge in [-0.1, -0.05) is 155 Å². The van der Waals surface area contributed by atoms with E-state index in [1.54, 1.807) is 115 Å². The van der Waals surface area contributed by atoms with Crippen molar-refractivity contribution in [2.75, 3.05) is 58.4 Å². The lowest BCUT2D eigenvalue weighted by molar-refractivity contribution is -0.149. The summed E-state index contributed by atoms with van der Waals surface area (Å²) in [5.41, 5.74) is 30.9. The molecule has 5 aromatic rings. The van der Waals surface area contributed by atoms with Gasteiger partial charge in [-0.15, -0.1) is 11.8 Å². The summed E-state index contributed by atoms with van der Waals surface area (Å²) in [6, 6.07) is 11.8. The van der Waals surface area contributed by atoms with Crippen molar-refractivity contribution in [3.8, 4) is 5.75 Å². The van der Waals surface area contributed by atoms with Crippen LogP contribution < -0.4 is 108 Å². The van der Waals surface area contributed by atoms with Crippen LogP contribution in [0.4, 0.5) is 0 Å². The fraction of sp³-hybridized carbons (Fsp3) is 0.479. The molecule has 1 fully saturated rings. The number of carbonyl (C=O) groups excluding carboxylic acids is 17. The van der Waals surface area contributed by atoms with Gasteiger partial charge in [0.1, 0.15) is 84.5 Å². The van der Waals surface area contributed by atoms with E-state index in [9.17, 15) is 63.6 Å². The first-order valence-corrected chi connectivity index (χ1v) is 48.2. The Kier molecular flexibility index (Phi) is 47.1. The highest BCUT2D eigenvalue weighted by Crippen LogP contribution is 2.27. The van der Waals surface area contributed by atoms with Crippen LogP contribution in [0.3, 0.4) is 0 Å². The van der Waals surface area contributed by atoms with E-state index in [0.29, 0.717) is 40.8 Å². The van der Waals surface area contributed by atoms with E-state index >= 15 is 43.2 Å². The Bertz CT molecular complexity index is 5270. The molecule has 1 saturated heterocycles. The Morgan fingerprint density at radius 3 is 1.44 bits per heavy atom. The number of aliphatic carboxylic acids is 1. The molecule has 2 unspecified atom stereocenters. The Labute approximate surface area is 837 Å². The van der Waals surface area contributed by atoms with E-state index in [2.05, 4.69) is 79.8 Å². The van der Waals surface area contributed by atoms with Gasteiger partial charge >= 0.3 is 5.97 Å².